The maximum Gasteiger partial charge on any atom is 0.183 e. The fourth-order valence-electron chi connectivity index (χ4n) is 3.60. The lowest BCUT2D eigenvalue weighted by Gasteiger charge is -2.31. The van der Waals surface area contributed by atoms with E-state index < -0.39 is 0 Å². The number of nitrogens with one attached hydrogen (secondary N) is 2. The molecule has 0 bridgehead atoms. The molecule has 8 heteroatoms. The number of aromatic amines is 1. The van der Waals surface area contributed by atoms with Gasteiger partial charge in [-0.2, -0.15) is 0 Å². The standard InChI is InChI=1S/C17H27N7S/c1-11(2)23-7-5-16-15(10-23)19-17(25-16)18-8-12(3)24-6-4-13-14(9-24)21-22-20-13/h11-12H,4-10H2,1-3H3,(H,18,19)(H,20,21,22). The summed E-state index contributed by atoms with van der Waals surface area (Å²) in [6, 6.07) is 1.03. The lowest BCUT2D eigenvalue weighted by atomic mass is 10.1. The van der Waals surface area contributed by atoms with Gasteiger partial charge in [0.05, 0.1) is 17.1 Å². The van der Waals surface area contributed by atoms with Crippen molar-refractivity contribution in [3.8, 4) is 0 Å². The molecule has 1 unspecified atom stereocenters. The van der Waals surface area contributed by atoms with E-state index in [4.69, 9.17) is 4.98 Å². The zero-order valence-electron chi connectivity index (χ0n) is 15.2. The van der Waals surface area contributed by atoms with Crippen LogP contribution in [0, 0.1) is 0 Å². The Morgan fingerprint density at radius 3 is 2.76 bits per heavy atom. The largest absolute Gasteiger partial charge is 0.360 e. The number of hydrogen-bond acceptors (Lipinski definition) is 7. The first-order valence-corrected chi connectivity index (χ1v) is 10.0. The molecule has 2 aromatic rings. The highest BCUT2D eigenvalue weighted by Crippen LogP contribution is 2.29. The van der Waals surface area contributed by atoms with E-state index in [0.717, 1.165) is 56.4 Å². The summed E-state index contributed by atoms with van der Waals surface area (Å²) < 4.78 is 0. The summed E-state index contributed by atoms with van der Waals surface area (Å²) in [5.74, 6) is 0. The summed E-state index contributed by atoms with van der Waals surface area (Å²) in [5.41, 5.74) is 3.56. The van der Waals surface area contributed by atoms with Crippen molar-refractivity contribution >= 4 is 16.5 Å². The van der Waals surface area contributed by atoms with Gasteiger partial charge in [0, 0.05) is 56.1 Å². The number of fused-ring (bicyclic) bond motifs is 2. The number of H-pyrrole nitrogens is 1. The van der Waals surface area contributed by atoms with Gasteiger partial charge in [-0.3, -0.25) is 14.9 Å². The Morgan fingerprint density at radius 2 is 1.92 bits per heavy atom. The van der Waals surface area contributed by atoms with Gasteiger partial charge in [0.2, 0.25) is 0 Å². The molecule has 0 saturated heterocycles. The van der Waals surface area contributed by atoms with Gasteiger partial charge in [-0.1, -0.05) is 5.21 Å². The number of hydrogen-bond donors (Lipinski definition) is 2. The third kappa shape index (κ3) is 3.56. The topological polar surface area (TPSA) is 73.0 Å². The molecule has 7 nitrogen and oxygen atoms in total. The molecule has 0 fully saturated rings. The minimum absolute atomic E-state index is 0.443. The van der Waals surface area contributed by atoms with Crippen LogP contribution < -0.4 is 5.32 Å². The van der Waals surface area contributed by atoms with E-state index in [1.165, 1.54) is 16.3 Å². The zero-order chi connectivity index (χ0) is 17.4. The normalized spacial score (nSPS) is 19.7. The van der Waals surface area contributed by atoms with Gasteiger partial charge in [-0.25, -0.2) is 4.98 Å². The van der Waals surface area contributed by atoms with Gasteiger partial charge in [0.25, 0.3) is 0 Å². The van der Waals surface area contributed by atoms with Gasteiger partial charge in [-0.05, 0) is 27.2 Å². The van der Waals surface area contributed by atoms with Gasteiger partial charge < -0.3 is 5.32 Å². The Kier molecular flexibility index (Phi) is 4.75. The average Bonchev–Trinajstić information content (AvgIpc) is 3.24. The number of nitrogens with zero attached hydrogens (tertiary/aromatic N) is 5. The average molecular weight is 362 g/mol. The van der Waals surface area contributed by atoms with Crippen molar-refractivity contribution < 1.29 is 0 Å². The Hall–Kier alpha value is -1.51. The van der Waals surface area contributed by atoms with Crippen molar-refractivity contribution in [1.29, 1.82) is 0 Å². The van der Waals surface area contributed by atoms with E-state index in [1.54, 1.807) is 0 Å². The summed E-state index contributed by atoms with van der Waals surface area (Å²) in [6.07, 6.45) is 2.13. The maximum atomic E-state index is 4.85. The summed E-state index contributed by atoms with van der Waals surface area (Å²) >= 11 is 1.83. The lowest BCUT2D eigenvalue weighted by Crippen LogP contribution is -2.41. The number of rotatable bonds is 5. The molecule has 1 atom stereocenters. The molecule has 0 aliphatic carbocycles. The highest BCUT2D eigenvalue weighted by Gasteiger charge is 2.24. The van der Waals surface area contributed by atoms with Crippen LogP contribution in [0.15, 0.2) is 0 Å². The molecule has 4 heterocycles. The Morgan fingerprint density at radius 1 is 1.12 bits per heavy atom. The molecule has 2 N–H and O–H groups in total. The molecule has 0 aromatic carbocycles. The third-order valence-corrected chi connectivity index (χ3v) is 6.48. The van der Waals surface area contributed by atoms with Crippen molar-refractivity contribution in [3.05, 3.63) is 22.0 Å². The molecule has 0 saturated carbocycles. The van der Waals surface area contributed by atoms with Crippen LogP contribution in [0.2, 0.25) is 0 Å². The number of anilines is 1. The van der Waals surface area contributed by atoms with Crippen LogP contribution in [0.4, 0.5) is 5.13 Å². The third-order valence-electron chi connectivity index (χ3n) is 5.37. The van der Waals surface area contributed by atoms with E-state index in [9.17, 15) is 0 Å². The summed E-state index contributed by atoms with van der Waals surface area (Å²) in [6.45, 7) is 11.8. The maximum absolute atomic E-state index is 4.85. The molecular formula is C17H27N7S. The van der Waals surface area contributed by atoms with Crippen LogP contribution in [0.1, 0.15) is 42.7 Å². The van der Waals surface area contributed by atoms with Crippen molar-refractivity contribution in [1.82, 2.24) is 30.2 Å². The number of thiazole rings is 1. The summed E-state index contributed by atoms with van der Waals surface area (Å²) in [5, 5.41) is 15.7. The van der Waals surface area contributed by atoms with Gasteiger partial charge in [-0.15, -0.1) is 16.4 Å². The monoisotopic (exact) mass is 361 g/mol. The molecule has 2 aliphatic rings. The second-order valence-corrected chi connectivity index (χ2v) is 8.47. The van der Waals surface area contributed by atoms with Crippen LogP contribution in [-0.4, -0.2) is 61.9 Å². The minimum atomic E-state index is 0.443. The highest BCUT2D eigenvalue weighted by atomic mass is 32.1. The predicted molar refractivity (Wildman–Crippen MR) is 99.8 cm³/mol. The first-order valence-electron chi connectivity index (χ1n) is 9.19. The fraction of sp³-hybridized carbons (Fsp3) is 0.706. The molecule has 2 aliphatic heterocycles. The van der Waals surface area contributed by atoms with Crippen LogP contribution in [-0.2, 0) is 25.9 Å². The van der Waals surface area contributed by atoms with Crippen LogP contribution in [0.3, 0.4) is 0 Å². The van der Waals surface area contributed by atoms with E-state index in [1.807, 2.05) is 11.3 Å². The Labute approximate surface area is 152 Å². The second kappa shape index (κ2) is 7.01. The van der Waals surface area contributed by atoms with Crippen LogP contribution in [0.5, 0.6) is 0 Å². The molecule has 2 aromatic heterocycles. The highest BCUT2D eigenvalue weighted by molar-refractivity contribution is 7.15. The first kappa shape index (κ1) is 16.9. The molecule has 25 heavy (non-hydrogen) atoms. The van der Waals surface area contributed by atoms with Crippen molar-refractivity contribution in [3.63, 3.8) is 0 Å². The van der Waals surface area contributed by atoms with Crippen LogP contribution in [0.25, 0.3) is 0 Å². The van der Waals surface area contributed by atoms with Crippen LogP contribution >= 0.6 is 11.3 Å². The van der Waals surface area contributed by atoms with E-state index in [0.29, 0.717) is 12.1 Å². The summed E-state index contributed by atoms with van der Waals surface area (Å²) in [4.78, 5) is 11.3. The Balaban J connectivity index is 1.33. The molecule has 0 radical (unpaired) electrons. The Bertz CT molecular complexity index is 722. The van der Waals surface area contributed by atoms with Crippen molar-refractivity contribution in [2.24, 2.45) is 0 Å². The predicted octanol–water partition coefficient (Wildman–Crippen LogP) is 1.89. The summed E-state index contributed by atoms with van der Waals surface area (Å²) in [7, 11) is 0. The lowest BCUT2D eigenvalue weighted by molar-refractivity contribution is 0.195. The molecule has 0 amide bonds. The van der Waals surface area contributed by atoms with Gasteiger partial charge in [0.1, 0.15) is 0 Å². The first-order chi connectivity index (χ1) is 12.1. The molecule has 4 rings (SSSR count). The fourth-order valence-corrected chi connectivity index (χ4v) is 4.57. The zero-order valence-corrected chi connectivity index (χ0v) is 16.1. The molecule has 0 spiro atoms. The number of aromatic nitrogens is 4. The second-order valence-electron chi connectivity index (χ2n) is 7.39. The van der Waals surface area contributed by atoms with Crippen molar-refractivity contribution in [2.75, 3.05) is 25.0 Å². The molecular weight excluding hydrogens is 334 g/mol. The quantitative estimate of drug-likeness (QED) is 0.847. The van der Waals surface area contributed by atoms with Gasteiger partial charge in [0.15, 0.2) is 5.13 Å². The van der Waals surface area contributed by atoms with Crippen molar-refractivity contribution in [2.45, 2.75) is 58.8 Å². The minimum Gasteiger partial charge on any atom is -0.360 e. The molecule has 136 valence electrons. The smallest absolute Gasteiger partial charge is 0.183 e. The van der Waals surface area contributed by atoms with Gasteiger partial charge >= 0.3 is 0 Å². The van der Waals surface area contributed by atoms with E-state index in [2.05, 4.69) is 51.3 Å². The van der Waals surface area contributed by atoms with E-state index in [-0.39, 0.29) is 0 Å². The van der Waals surface area contributed by atoms with E-state index >= 15 is 0 Å². The SMILES string of the molecule is CC(C)N1CCc2sc(NCC(C)N3CCc4[nH]nnc4C3)nc2C1.